The first-order valence-corrected chi connectivity index (χ1v) is 5.36. The highest BCUT2D eigenvalue weighted by Gasteiger charge is 2.15. The Bertz CT molecular complexity index is 264. The number of likely N-dealkylation sites (N-methyl/N-ethyl adjacent to an activating group) is 1. The normalized spacial score (nSPS) is 12.5. The molecule has 0 fully saturated rings. The van der Waals surface area contributed by atoms with Gasteiger partial charge in [-0.2, -0.15) is 0 Å². The van der Waals surface area contributed by atoms with Gasteiger partial charge in [-0.15, -0.1) is 0 Å². The van der Waals surface area contributed by atoms with Crippen molar-refractivity contribution < 1.29 is 10.2 Å². The molecule has 0 saturated carbocycles. The Morgan fingerprint density at radius 3 is 2.33 bits per heavy atom. The standard InChI is InChI=1S/C12H19NO2/c1-2-13(12(10-15)8-9-14)11-6-4-3-5-7-11/h3-7,12,14-15H,2,8-10H2,1H3. The first-order valence-electron chi connectivity index (χ1n) is 5.36. The minimum atomic E-state index is 0.00222. The number of hydrogen-bond donors (Lipinski definition) is 2. The maximum Gasteiger partial charge on any atom is 0.0635 e. The van der Waals surface area contributed by atoms with Gasteiger partial charge < -0.3 is 15.1 Å². The summed E-state index contributed by atoms with van der Waals surface area (Å²) in [5.74, 6) is 0. The predicted octanol–water partition coefficient (Wildman–Crippen LogP) is 1.26. The van der Waals surface area contributed by atoms with E-state index in [4.69, 9.17) is 5.11 Å². The van der Waals surface area contributed by atoms with Gasteiger partial charge in [0.1, 0.15) is 0 Å². The van der Waals surface area contributed by atoms with Crippen LogP contribution >= 0.6 is 0 Å². The molecule has 0 aliphatic carbocycles. The fourth-order valence-corrected chi connectivity index (χ4v) is 1.77. The summed E-state index contributed by atoms with van der Waals surface area (Å²) in [5.41, 5.74) is 1.09. The quantitative estimate of drug-likeness (QED) is 0.741. The molecule has 0 aliphatic heterocycles. The summed E-state index contributed by atoms with van der Waals surface area (Å²) in [6.07, 6.45) is 0.596. The molecule has 1 aromatic carbocycles. The molecule has 1 aromatic rings. The fraction of sp³-hybridized carbons (Fsp3) is 0.500. The van der Waals surface area contributed by atoms with Gasteiger partial charge in [-0.05, 0) is 25.5 Å². The Balaban J connectivity index is 2.77. The lowest BCUT2D eigenvalue weighted by Gasteiger charge is -2.31. The first-order chi connectivity index (χ1) is 7.33. The molecule has 15 heavy (non-hydrogen) atoms. The number of para-hydroxylation sites is 1. The molecule has 1 rings (SSSR count). The van der Waals surface area contributed by atoms with Gasteiger partial charge in [-0.3, -0.25) is 0 Å². The van der Waals surface area contributed by atoms with E-state index in [2.05, 4.69) is 4.90 Å². The van der Waals surface area contributed by atoms with Crippen LogP contribution in [0.1, 0.15) is 13.3 Å². The van der Waals surface area contributed by atoms with Crippen molar-refractivity contribution in [1.82, 2.24) is 0 Å². The molecule has 0 aliphatic rings. The number of anilines is 1. The molecule has 0 amide bonds. The summed E-state index contributed by atoms with van der Waals surface area (Å²) in [6.45, 7) is 3.06. The van der Waals surface area contributed by atoms with Gasteiger partial charge in [0.25, 0.3) is 0 Å². The molecule has 3 nitrogen and oxygen atoms in total. The second-order valence-corrected chi connectivity index (χ2v) is 3.47. The van der Waals surface area contributed by atoms with Crippen molar-refractivity contribution in [3.8, 4) is 0 Å². The van der Waals surface area contributed by atoms with E-state index >= 15 is 0 Å². The molecule has 2 N–H and O–H groups in total. The van der Waals surface area contributed by atoms with Crippen molar-refractivity contribution in [2.45, 2.75) is 19.4 Å². The topological polar surface area (TPSA) is 43.7 Å². The lowest BCUT2D eigenvalue weighted by Crippen LogP contribution is -2.38. The van der Waals surface area contributed by atoms with Gasteiger partial charge in [0.05, 0.1) is 12.6 Å². The molecule has 0 heterocycles. The first kappa shape index (κ1) is 12.0. The summed E-state index contributed by atoms with van der Waals surface area (Å²) in [7, 11) is 0. The van der Waals surface area contributed by atoms with Crippen molar-refractivity contribution in [3.63, 3.8) is 0 Å². The van der Waals surface area contributed by atoms with E-state index < -0.39 is 0 Å². The lowest BCUT2D eigenvalue weighted by atomic mass is 10.1. The van der Waals surface area contributed by atoms with Crippen LogP contribution in [0.4, 0.5) is 5.69 Å². The highest BCUT2D eigenvalue weighted by Crippen LogP contribution is 2.17. The minimum absolute atomic E-state index is 0.00222. The second-order valence-electron chi connectivity index (χ2n) is 3.47. The van der Waals surface area contributed by atoms with E-state index in [1.165, 1.54) is 0 Å². The molecule has 0 aromatic heterocycles. The van der Waals surface area contributed by atoms with Crippen LogP contribution in [0.2, 0.25) is 0 Å². The molecule has 0 saturated heterocycles. The highest BCUT2D eigenvalue weighted by atomic mass is 16.3. The van der Waals surface area contributed by atoms with Gasteiger partial charge in [-0.25, -0.2) is 0 Å². The van der Waals surface area contributed by atoms with Crippen LogP contribution in [0.15, 0.2) is 30.3 Å². The Hall–Kier alpha value is -1.06. The molecule has 84 valence electrons. The van der Waals surface area contributed by atoms with E-state index in [1.807, 2.05) is 37.3 Å². The van der Waals surface area contributed by atoms with Gasteiger partial charge in [0.2, 0.25) is 0 Å². The molecule has 1 atom stereocenters. The Labute approximate surface area is 91.0 Å². The molecule has 1 unspecified atom stereocenters. The molecular weight excluding hydrogens is 190 g/mol. The average molecular weight is 209 g/mol. The van der Waals surface area contributed by atoms with Gasteiger partial charge in [0, 0.05) is 18.8 Å². The highest BCUT2D eigenvalue weighted by molar-refractivity contribution is 5.46. The molecule has 0 spiro atoms. The van der Waals surface area contributed by atoms with Crippen LogP contribution in [0.25, 0.3) is 0 Å². The summed E-state index contributed by atoms with van der Waals surface area (Å²) >= 11 is 0. The molecule has 3 heteroatoms. The third-order valence-electron chi connectivity index (χ3n) is 2.54. The Kier molecular flexibility index (Phi) is 5.15. The third kappa shape index (κ3) is 3.22. The number of rotatable bonds is 6. The maximum atomic E-state index is 9.27. The number of benzene rings is 1. The van der Waals surface area contributed by atoms with Crippen molar-refractivity contribution in [2.75, 3.05) is 24.7 Å². The number of aliphatic hydroxyl groups is 2. The number of aliphatic hydroxyl groups excluding tert-OH is 2. The average Bonchev–Trinajstić information content (AvgIpc) is 2.30. The van der Waals surface area contributed by atoms with Gasteiger partial charge in [-0.1, -0.05) is 18.2 Å². The number of hydrogen-bond acceptors (Lipinski definition) is 3. The van der Waals surface area contributed by atoms with E-state index in [9.17, 15) is 5.11 Å². The van der Waals surface area contributed by atoms with Gasteiger partial charge >= 0.3 is 0 Å². The second kappa shape index (κ2) is 6.43. The molecular formula is C12H19NO2. The fourth-order valence-electron chi connectivity index (χ4n) is 1.77. The van der Waals surface area contributed by atoms with E-state index in [1.54, 1.807) is 0 Å². The lowest BCUT2D eigenvalue weighted by molar-refractivity contribution is 0.215. The van der Waals surface area contributed by atoms with Crippen LogP contribution < -0.4 is 4.90 Å². The SMILES string of the molecule is CCN(c1ccccc1)C(CO)CCO. The summed E-state index contributed by atoms with van der Waals surface area (Å²) < 4.78 is 0. The van der Waals surface area contributed by atoms with Crippen molar-refractivity contribution >= 4 is 5.69 Å². The predicted molar refractivity (Wildman–Crippen MR) is 62.0 cm³/mol. The van der Waals surface area contributed by atoms with Gasteiger partial charge in [0.15, 0.2) is 0 Å². The molecule has 0 radical (unpaired) electrons. The summed E-state index contributed by atoms with van der Waals surface area (Å²) in [5, 5.41) is 18.2. The Morgan fingerprint density at radius 2 is 1.87 bits per heavy atom. The van der Waals surface area contributed by atoms with Crippen molar-refractivity contribution in [2.24, 2.45) is 0 Å². The molecule has 0 bridgehead atoms. The largest absolute Gasteiger partial charge is 0.396 e. The van der Waals surface area contributed by atoms with Crippen molar-refractivity contribution in [1.29, 1.82) is 0 Å². The Morgan fingerprint density at radius 1 is 1.20 bits per heavy atom. The summed E-state index contributed by atoms with van der Waals surface area (Å²) in [6, 6.07) is 9.96. The van der Waals surface area contributed by atoms with Crippen LogP contribution in [0.5, 0.6) is 0 Å². The zero-order valence-electron chi connectivity index (χ0n) is 9.13. The van der Waals surface area contributed by atoms with E-state index in [0.717, 1.165) is 12.2 Å². The van der Waals surface area contributed by atoms with E-state index in [-0.39, 0.29) is 19.3 Å². The zero-order valence-corrected chi connectivity index (χ0v) is 9.13. The number of nitrogens with zero attached hydrogens (tertiary/aromatic N) is 1. The smallest absolute Gasteiger partial charge is 0.0635 e. The zero-order chi connectivity index (χ0) is 11.1. The van der Waals surface area contributed by atoms with E-state index in [0.29, 0.717) is 6.42 Å². The van der Waals surface area contributed by atoms with Crippen molar-refractivity contribution in [3.05, 3.63) is 30.3 Å². The monoisotopic (exact) mass is 209 g/mol. The van der Waals surface area contributed by atoms with Crippen LogP contribution in [-0.2, 0) is 0 Å². The third-order valence-corrected chi connectivity index (χ3v) is 2.54. The summed E-state index contributed by atoms with van der Waals surface area (Å²) in [4.78, 5) is 2.11. The minimum Gasteiger partial charge on any atom is -0.396 e. The van der Waals surface area contributed by atoms with Crippen LogP contribution in [0, 0.1) is 0 Å². The van der Waals surface area contributed by atoms with Crippen LogP contribution in [-0.4, -0.2) is 36.0 Å². The van der Waals surface area contributed by atoms with Crippen LogP contribution in [0.3, 0.4) is 0 Å². The maximum absolute atomic E-state index is 9.27.